The quantitative estimate of drug-likeness (QED) is 0.334. The van der Waals surface area contributed by atoms with Crippen LogP contribution in [-0.4, -0.2) is 33.6 Å². The van der Waals surface area contributed by atoms with Gasteiger partial charge in [0.15, 0.2) is 5.13 Å². The van der Waals surface area contributed by atoms with Crippen molar-refractivity contribution in [2.75, 3.05) is 16.4 Å². The number of rotatable bonds is 7. The number of carbonyl (C=O) groups is 3. The van der Waals surface area contributed by atoms with E-state index < -0.39 is 11.9 Å². The van der Waals surface area contributed by atoms with Gasteiger partial charge in [0.2, 0.25) is 5.91 Å². The van der Waals surface area contributed by atoms with Gasteiger partial charge in [-0.15, -0.1) is 11.8 Å². The fraction of sp³-hybridized carbons (Fsp3) is 0.0435. The van der Waals surface area contributed by atoms with Crippen molar-refractivity contribution in [3.63, 3.8) is 0 Å². The maximum Gasteiger partial charge on any atom is 0.336 e. The van der Waals surface area contributed by atoms with Gasteiger partial charge in [0, 0.05) is 10.6 Å². The van der Waals surface area contributed by atoms with E-state index in [-0.39, 0.29) is 22.8 Å². The Labute approximate surface area is 191 Å². The minimum atomic E-state index is -1.17. The number of para-hydroxylation sites is 1. The first-order valence-corrected chi connectivity index (χ1v) is 11.3. The van der Waals surface area contributed by atoms with E-state index in [4.69, 9.17) is 0 Å². The van der Waals surface area contributed by atoms with Crippen LogP contribution in [0, 0.1) is 0 Å². The number of thioether (sulfide) groups is 1. The molecule has 0 aliphatic heterocycles. The van der Waals surface area contributed by atoms with Crippen LogP contribution in [0.25, 0.3) is 10.2 Å². The number of aromatic nitrogens is 1. The van der Waals surface area contributed by atoms with Crippen molar-refractivity contribution in [3.8, 4) is 0 Å². The molecule has 0 unspecified atom stereocenters. The van der Waals surface area contributed by atoms with Gasteiger partial charge >= 0.3 is 5.97 Å². The van der Waals surface area contributed by atoms with Crippen LogP contribution < -0.4 is 10.6 Å². The average molecular weight is 464 g/mol. The Balaban J connectivity index is 1.37. The molecule has 2 amide bonds. The number of aromatic carboxylic acids is 1. The summed E-state index contributed by atoms with van der Waals surface area (Å²) in [7, 11) is 0. The third-order valence-electron chi connectivity index (χ3n) is 4.40. The molecular formula is C23H17N3O4S2. The second kappa shape index (κ2) is 9.63. The normalized spacial score (nSPS) is 10.6. The number of thiazole rings is 1. The maximum absolute atomic E-state index is 12.5. The second-order valence-corrected chi connectivity index (χ2v) is 8.74. The Morgan fingerprint density at radius 2 is 1.66 bits per heavy atom. The summed E-state index contributed by atoms with van der Waals surface area (Å²) in [6.45, 7) is 0. The number of carbonyl (C=O) groups excluding carboxylic acids is 2. The third-order valence-corrected chi connectivity index (χ3v) is 6.35. The molecule has 7 nitrogen and oxygen atoms in total. The standard InChI is InChI=1S/C23H17N3O4S2/c27-20(26-23-25-18-10-3-4-11-19(18)32-23)13-31-15-7-5-6-14(12-15)24-21(28)16-8-1-2-9-17(16)22(29)30/h1-12H,13H2,(H,24,28)(H,29,30)(H,25,26,27). The van der Waals surface area contributed by atoms with Crippen LogP contribution in [0.15, 0.2) is 77.7 Å². The van der Waals surface area contributed by atoms with E-state index in [1.165, 1.54) is 35.2 Å². The lowest BCUT2D eigenvalue weighted by atomic mass is 10.1. The first-order chi connectivity index (χ1) is 15.5. The predicted octanol–water partition coefficient (Wildman–Crippen LogP) is 4.98. The highest BCUT2D eigenvalue weighted by molar-refractivity contribution is 8.00. The first-order valence-electron chi connectivity index (χ1n) is 9.51. The van der Waals surface area contributed by atoms with Crippen molar-refractivity contribution in [2.24, 2.45) is 0 Å². The summed E-state index contributed by atoms with van der Waals surface area (Å²) in [6.07, 6.45) is 0. The van der Waals surface area contributed by atoms with Crippen LogP contribution in [0.1, 0.15) is 20.7 Å². The highest BCUT2D eigenvalue weighted by atomic mass is 32.2. The number of hydrogen-bond donors (Lipinski definition) is 3. The first kappa shape index (κ1) is 21.5. The highest BCUT2D eigenvalue weighted by Crippen LogP contribution is 2.26. The Hall–Kier alpha value is -3.69. The van der Waals surface area contributed by atoms with Crippen LogP contribution >= 0.6 is 23.1 Å². The number of fused-ring (bicyclic) bond motifs is 1. The molecule has 0 radical (unpaired) electrons. The van der Waals surface area contributed by atoms with Crippen molar-refractivity contribution in [1.29, 1.82) is 0 Å². The van der Waals surface area contributed by atoms with Crippen LogP contribution in [0.4, 0.5) is 10.8 Å². The van der Waals surface area contributed by atoms with E-state index in [1.54, 1.807) is 30.3 Å². The molecule has 0 aliphatic carbocycles. The summed E-state index contributed by atoms with van der Waals surface area (Å²) in [5, 5.41) is 15.3. The molecule has 4 aromatic rings. The molecule has 0 aliphatic rings. The summed E-state index contributed by atoms with van der Waals surface area (Å²) in [6, 6.07) is 20.7. The van der Waals surface area contributed by atoms with Gasteiger partial charge in [0.05, 0.1) is 27.1 Å². The molecule has 0 spiro atoms. The number of anilines is 2. The zero-order valence-corrected chi connectivity index (χ0v) is 18.2. The number of hydrogen-bond acceptors (Lipinski definition) is 6. The van der Waals surface area contributed by atoms with E-state index >= 15 is 0 Å². The molecule has 1 heterocycles. The van der Waals surface area contributed by atoms with Crippen molar-refractivity contribution in [1.82, 2.24) is 4.98 Å². The number of nitrogens with zero attached hydrogens (tertiary/aromatic N) is 1. The molecule has 4 rings (SSSR count). The third kappa shape index (κ3) is 5.13. The molecule has 0 atom stereocenters. The van der Waals surface area contributed by atoms with E-state index in [0.717, 1.165) is 15.1 Å². The lowest BCUT2D eigenvalue weighted by Gasteiger charge is -2.09. The molecule has 0 saturated heterocycles. The largest absolute Gasteiger partial charge is 0.478 e. The van der Waals surface area contributed by atoms with Gasteiger partial charge in [0.1, 0.15) is 0 Å². The van der Waals surface area contributed by atoms with Gasteiger partial charge < -0.3 is 15.7 Å². The topological polar surface area (TPSA) is 108 Å². The van der Waals surface area contributed by atoms with Gasteiger partial charge in [-0.05, 0) is 42.5 Å². The molecule has 32 heavy (non-hydrogen) atoms. The zero-order chi connectivity index (χ0) is 22.5. The Kier molecular flexibility index (Phi) is 6.48. The Morgan fingerprint density at radius 3 is 2.44 bits per heavy atom. The number of amides is 2. The summed E-state index contributed by atoms with van der Waals surface area (Å²) in [4.78, 5) is 41.4. The smallest absolute Gasteiger partial charge is 0.336 e. The summed E-state index contributed by atoms with van der Waals surface area (Å²) in [5.74, 6) is -1.69. The van der Waals surface area contributed by atoms with Gasteiger partial charge in [-0.3, -0.25) is 9.59 Å². The summed E-state index contributed by atoms with van der Waals surface area (Å²) in [5.41, 5.74) is 1.36. The molecule has 0 bridgehead atoms. The molecule has 0 fully saturated rings. The molecule has 3 aromatic carbocycles. The van der Waals surface area contributed by atoms with E-state index in [0.29, 0.717) is 10.8 Å². The van der Waals surface area contributed by atoms with Crippen molar-refractivity contribution < 1.29 is 19.5 Å². The Morgan fingerprint density at radius 1 is 0.906 bits per heavy atom. The van der Waals surface area contributed by atoms with Crippen molar-refractivity contribution >= 4 is 61.9 Å². The minimum Gasteiger partial charge on any atom is -0.478 e. The SMILES string of the molecule is O=C(CSc1cccc(NC(=O)c2ccccc2C(=O)O)c1)Nc1nc2ccccc2s1. The van der Waals surface area contributed by atoms with Crippen LogP contribution in [0.2, 0.25) is 0 Å². The molecule has 160 valence electrons. The molecule has 9 heteroatoms. The Bertz CT molecular complexity index is 1290. The highest BCUT2D eigenvalue weighted by Gasteiger charge is 2.16. The lowest BCUT2D eigenvalue weighted by Crippen LogP contribution is -2.16. The van der Waals surface area contributed by atoms with Gasteiger partial charge in [0.25, 0.3) is 5.91 Å². The molecule has 0 saturated carbocycles. The number of carboxylic acids is 1. The summed E-state index contributed by atoms with van der Waals surface area (Å²) >= 11 is 2.74. The van der Waals surface area contributed by atoms with Gasteiger partial charge in [-0.1, -0.05) is 41.7 Å². The van der Waals surface area contributed by atoms with Crippen molar-refractivity contribution in [3.05, 3.63) is 83.9 Å². The van der Waals surface area contributed by atoms with Crippen molar-refractivity contribution in [2.45, 2.75) is 4.90 Å². The number of carboxylic acid groups (broad SMARTS) is 1. The fourth-order valence-electron chi connectivity index (χ4n) is 2.96. The van der Waals surface area contributed by atoms with Crippen LogP contribution in [0.5, 0.6) is 0 Å². The monoisotopic (exact) mass is 463 g/mol. The predicted molar refractivity (Wildman–Crippen MR) is 127 cm³/mol. The zero-order valence-electron chi connectivity index (χ0n) is 16.6. The maximum atomic E-state index is 12.5. The van der Waals surface area contributed by atoms with Crippen LogP contribution in [-0.2, 0) is 4.79 Å². The molecule has 3 N–H and O–H groups in total. The van der Waals surface area contributed by atoms with E-state index in [2.05, 4.69) is 15.6 Å². The van der Waals surface area contributed by atoms with E-state index in [1.807, 2.05) is 30.3 Å². The second-order valence-electron chi connectivity index (χ2n) is 6.66. The summed E-state index contributed by atoms with van der Waals surface area (Å²) < 4.78 is 1.00. The van der Waals surface area contributed by atoms with Gasteiger partial charge in [-0.25, -0.2) is 9.78 Å². The lowest BCUT2D eigenvalue weighted by molar-refractivity contribution is -0.113. The fourth-order valence-corrected chi connectivity index (χ4v) is 4.60. The van der Waals surface area contributed by atoms with Gasteiger partial charge in [-0.2, -0.15) is 0 Å². The number of nitrogens with one attached hydrogen (secondary N) is 2. The average Bonchev–Trinajstić information content (AvgIpc) is 3.20. The molecular weight excluding hydrogens is 446 g/mol. The number of benzene rings is 3. The molecule has 1 aromatic heterocycles. The van der Waals surface area contributed by atoms with E-state index in [9.17, 15) is 19.5 Å². The van der Waals surface area contributed by atoms with Crippen LogP contribution in [0.3, 0.4) is 0 Å². The minimum absolute atomic E-state index is 0.0675.